The largest absolute Gasteiger partial charge is 0.378 e. The average molecular weight is 181 g/mol. The SMILES string of the molecule is C[C](O)C(=O)c1ccccc1S. The van der Waals surface area contributed by atoms with Crippen LogP contribution in [0.15, 0.2) is 29.2 Å². The zero-order valence-electron chi connectivity index (χ0n) is 6.61. The predicted octanol–water partition coefficient (Wildman–Crippen LogP) is 2.08. The van der Waals surface area contributed by atoms with E-state index in [1.54, 1.807) is 24.3 Å². The molecule has 0 amide bonds. The molecule has 1 N–H and O–H groups in total. The summed E-state index contributed by atoms with van der Waals surface area (Å²) in [5, 5.41) is 8.93. The van der Waals surface area contributed by atoms with E-state index in [9.17, 15) is 4.79 Å². The fraction of sp³-hybridized carbons (Fsp3) is 0.111. The second-order valence-electron chi connectivity index (χ2n) is 2.43. The number of hydrogen-bond donors (Lipinski definition) is 2. The van der Waals surface area contributed by atoms with Gasteiger partial charge in [0.05, 0.1) is 0 Å². The minimum absolute atomic E-state index is 0.212. The first kappa shape index (κ1) is 9.29. The number of rotatable bonds is 2. The molecule has 0 spiro atoms. The lowest BCUT2D eigenvalue weighted by atomic mass is 10.1. The molecule has 0 heterocycles. The first-order chi connectivity index (χ1) is 5.63. The van der Waals surface area contributed by atoms with Crippen molar-refractivity contribution in [3.63, 3.8) is 0 Å². The van der Waals surface area contributed by atoms with Crippen molar-refractivity contribution in [2.24, 2.45) is 0 Å². The van der Waals surface area contributed by atoms with Gasteiger partial charge in [-0.1, -0.05) is 18.2 Å². The zero-order chi connectivity index (χ0) is 9.14. The van der Waals surface area contributed by atoms with Crippen LogP contribution >= 0.6 is 12.6 Å². The van der Waals surface area contributed by atoms with Gasteiger partial charge in [-0.2, -0.15) is 0 Å². The molecule has 1 radical (unpaired) electrons. The molecule has 0 aromatic heterocycles. The van der Waals surface area contributed by atoms with E-state index in [0.29, 0.717) is 10.5 Å². The predicted molar refractivity (Wildman–Crippen MR) is 48.9 cm³/mol. The lowest BCUT2D eigenvalue weighted by Gasteiger charge is -2.03. The summed E-state index contributed by atoms with van der Waals surface area (Å²) >= 11 is 4.09. The lowest BCUT2D eigenvalue weighted by molar-refractivity contribution is 0.0913. The molecular weight excluding hydrogens is 172 g/mol. The number of aliphatic hydroxyl groups excluding tert-OH is 1. The molecule has 0 fully saturated rings. The Balaban J connectivity index is 3.03. The number of carbonyl (C=O) groups excluding carboxylic acids is 1. The van der Waals surface area contributed by atoms with Crippen molar-refractivity contribution in [3.8, 4) is 0 Å². The standard InChI is InChI=1S/C9H9O2S/c1-6(10)9(11)7-4-2-3-5-8(7)12/h2-5,10,12H,1H3. The summed E-state index contributed by atoms with van der Waals surface area (Å²) in [5.41, 5.74) is 0.431. The van der Waals surface area contributed by atoms with Crippen LogP contribution in [0.2, 0.25) is 0 Å². The molecule has 1 rings (SSSR count). The molecule has 0 unspecified atom stereocenters. The highest BCUT2D eigenvalue weighted by atomic mass is 32.1. The maximum atomic E-state index is 11.2. The number of thiol groups is 1. The van der Waals surface area contributed by atoms with Crippen molar-refractivity contribution in [3.05, 3.63) is 35.9 Å². The molecule has 0 aliphatic carbocycles. The van der Waals surface area contributed by atoms with E-state index in [4.69, 9.17) is 5.11 Å². The smallest absolute Gasteiger partial charge is 0.198 e. The van der Waals surface area contributed by atoms with Gasteiger partial charge in [-0.3, -0.25) is 4.79 Å². The van der Waals surface area contributed by atoms with Crippen LogP contribution in [0.1, 0.15) is 17.3 Å². The average Bonchev–Trinajstić information content (AvgIpc) is 2.04. The molecule has 12 heavy (non-hydrogen) atoms. The van der Waals surface area contributed by atoms with Crippen molar-refractivity contribution < 1.29 is 9.90 Å². The van der Waals surface area contributed by atoms with Gasteiger partial charge < -0.3 is 5.11 Å². The van der Waals surface area contributed by atoms with E-state index >= 15 is 0 Å². The van der Waals surface area contributed by atoms with Crippen molar-refractivity contribution in [1.29, 1.82) is 0 Å². The second-order valence-corrected chi connectivity index (χ2v) is 2.91. The Morgan fingerprint density at radius 2 is 2.00 bits per heavy atom. The number of carbonyl (C=O) groups is 1. The maximum absolute atomic E-state index is 11.2. The number of ketones is 1. The fourth-order valence-corrected chi connectivity index (χ4v) is 1.12. The van der Waals surface area contributed by atoms with Gasteiger partial charge in [-0.05, 0) is 13.0 Å². The van der Waals surface area contributed by atoms with Gasteiger partial charge in [0.25, 0.3) is 0 Å². The number of hydrogen-bond acceptors (Lipinski definition) is 3. The number of Topliss-reactive ketones (excluding diaryl/α,β-unsaturated/α-hetero) is 1. The third kappa shape index (κ3) is 1.87. The number of aliphatic hydroxyl groups is 1. The molecule has 0 saturated heterocycles. The number of benzene rings is 1. The van der Waals surface area contributed by atoms with Gasteiger partial charge in [0.2, 0.25) is 0 Å². The monoisotopic (exact) mass is 181 g/mol. The summed E-state index contributed by atoms with van der Waals surface area (Å²) in [5.74, 6) is -0.374. The highest BCUT2D eigenvalue weighted by Crippen LogP contribution is 2.16. The van der Waals surface area contributed by atoms with Crippen LogP contribution in [0.3, 0.4) is 0 Å². The Morgan fingerprint density at radius 1 is 1.42 bits per heavy atom. The zero-order valence-corrected chi connectivity index (χ0v) is 7.51. The third-order valence-electron chi connectivity index (χ3n) is 1.48. The van der Waals surface area contributed by atoms with Crippen LogP contribution < -0.4 is 0 Å². The summed E-state index contributed by atoms with van der Waals surface area (Å²) in [6.45, 7) is 1.36. The Bertz CT molecular complexity index is 294. The van der Waals surface area contributed by atoms with Crippen LogP contribution in [-0.2, 0) is 0 Å². The summed E-state index contributed by atoms with van der Waals surface area (Å²) in [6, 6.07) is 6.85. The lowest BCUT2D eigenvalue weighted by Crippen LogP contribution is -2.08. The Morgan fingerprint density at radius 3 is 2.50 bits per heavy atom. The molecule has 1 aromatic rings. The van der Waals surface area contributed by atoms with Gasteiger partial charge in [0.1, 0.15) is 0 Å². The molecule has 0 saturated carbocycles. The van der Waals surface area contributed by atoms with Crippen molar-refractivity contribution in [2.75, 3.05) is 0 Å². The van der Waals surface area contributed by atoms with Crippen LogP contribution in [0.5, 0.6) is 0 Å². The van der Waals surface area contributed by atoms with E-state index in [-0.39, 0.29) is 11.9 Å². The normalized spacial score (nSPS) is 10.3. The maximum Gasteiger partial charge on any atom is 0.198 e. The molecule has 0 bridgehead atoms. The highest BCUT2D eigenvalue weighted by molar-refractivity contribution is 7.80. The molecular formula is C9H9O2S. The fourth-order valence-electron chi connectivity index (χ4n) is 0.861. The third-order valence-corrected chi connectivity index (χ3v) is 1.87. The summed E-state index contributed by atoms with van der Waals surface area (Å²) in [6.07, 6.45) is -0.212. The quantitative estimate of drug-likeness (QED) is 0.541. The van der Waals surface area contributed by atoms with E-state index in [2.05, 4.69) is 12.6 Å². The van der Waals surface area contributed by atoms with Gasteiger partial charge >= 0.3 is 0 Å². The van der Waals surface area contributed by atoms with Crippen molar-refractivity contribution >= 4 is 18.4 Å². The summed E-state index contributed by atoms with van der Waals surface area (Å²) < 4.78 is 0. The molecule has 63 valence electrons. The van der Waals surface area contributed by atoms with Crippen LogP contribution in [-0.4, -0.2) is 10.9 Å². The minimum Gasteiger partial charge on any atom is -0.378 e. The second kappa shape index (κ2) is 3.74. The topological polar surface area (TPSA) is 37.3 Å². The molecule has 3 heteroatoms. The Kier molecular flexibility index (Phi) is 2.89. The van der Waals surface area contributed by atoms with Gasteiger partial charge in [0, 0.05) is 10.5 Å². The first-order valence-corrected chi connectivity index (χ1v) is 3.93. The Hall–Kier alpha value is -0.800. The van der Waals surface area contributed by atoms with Crippen LogP contribution in [0, 0.1) is 6.10 Å². The van der Waals surface area contributed by atoms with Crippen LogP contribution in [0.25, 0.3) is 0 Å². The summed E-state index contributed by atoms with van der Waals surface area (Å²) in [4.78, 5) is 11.8. The molecule has 0 atom stereocenters. The molecule has 0 aliphatic heterocycles. The molecule has 1 aromatic carbocycles. The van der Waals surface area contributed by atoms with E-state index in [1.807, 2.05) is 0 Å². The van der Waals surface area contributed by atoms with Gasteiger partial charge in [-0.25, -0.2) is 0 Å². The first-order valence-electron chi connectivity index (χ1n) is 3.48. The van der Waals surface area contributed by atoms with Gasteiger partial charge in [0.15, 0.2) is 11.9 Å². The molecule has 2 nitrogen and oxygen atoms in total. The van der Waals surface area contributed by atoms with E-state index < -0.39 is 0 Å². The van der Waals surface area contributed by atoms with E-state index in [1.165, 1.54) is 6.92 Å². The minimum atomic E-state index is -0.374. The molecule has 0 aliphatic rings. The van der Waals surface area contributed by atoms with Crippen molar-refractivity contribution in [2.45, 2.75) is 11.8 Å². The van der Waals surface area contributed by atoms with Crippen molar-refractivity contribution in [1.82, 2.24) is 0 Å². The summed E-state index contributed by atoms with van der Waals surface area (Å²) in [7, 11) is 0. The Labute approximate surface area is 76.6 Å². The van der Waals surface area contributed by atoms with Gasteiger partial charge in [-0.15, -0.1) is 12.6 Å². The van der Waals surface area contributed by atoms with Crippen LogP contribution in [0.4, 0.5) is 0 Å². The van der Waals surface area contributed by atoms with E-state index in [0.717, 1.165) is 0 Å². The highest BCUT2D eigenvalue weighted by Gasteiger charge is 2.14.